The smallest absolute Gasteiger partial charge is 0.270 e. The average molecular weight is 274 g/mol. The number of nitro benzene ring substituents is 1. The molecule has 1 aliphatic rings. The fraction of sp³-hybridized carbons (Fsp3) is 0.385. The summed E-state index contributed by atoms with van der Waals surface area (Å²) in [6, 6.07) is 4.59. The number of aromatic nitrogens is 2. The van der Waals surface area contributed by atoms with Crippen molar-refractivity contribution in [1.82, 2.24) is 9.97 Å². The maximum absolute atomic E-state index is 10.9. The number of anilines is 1. The molecule has 2 heterocycles. The molecule has 1 aliphatic heterocycles. The van der Waals surface area contributed by atoms with Crippen LogP contribution < -0.4 is 4.90 Å². The van der Waals surface area contributed by atoms with Crippen LogP contribution in [0.25, 0.3) is 10.9 Å². The Bertz CT molecular complexity index is 653. The Balaban J connectivity index is 2.05. The highest BCUT2D eigenvalue weighted by Crippen LogP contribution is 2.28. The van der Waals surface area contributed by atoms with Gasteiger partial charge in [-0.1, -0.05) is 0 Å². The fourth-order valence-corrected chi connectivity index (χ4v) is 2.47. The van der Waals surface area contributed by atoms with Crippen LogP contribution in [0.1, 0.15) is 12.8 Å². The van der Waals surface area contributed by atoms with Crippen LogP contribution in [0.2, 0.25) is 0 Å². The number of nitro groups is 1. The Morgan fingerprint density at radius 2 is 2.05 bits per heavy atom. The molecule has 7 nitrogen and oxygen atoms in total. The van der Waals surface area contributed by atoms with Crippen LogP contribution in [0.4, 0.5) is 11.5 Å². The highest BCUT2D eigenvalue weighted by molar-refractivity contribution is 5.91. The minimum atomic E-state index is -0.420. The van der Waals surface area contributed by atoms with Gasteiger partial charge in [-0.2, -0.15) is 0 Å². The molecule has 2 aromatic rings. The summed E-state index contributed by atoms with van der Waals surface area (Å²) in [5, 5.41) is 21.1. The number of benzene rings is 1. The minimum Gasteiger partial charge on any atom is -0.393 e. The zero-order chi connectivity index (χ0) is 14.1. The monoisotopic (exact) mass is 274 g/mol. The quantitative estimate of drug-likeness (QED) is 0.659. The Hall–Kier alpha value is -2.28. The van der Waals surface area contributed by atoms with E-state index < -0.39 is 4.92 Å². The highest BCUT2D eigenvalue weighted by atomic mass is 16.6. The van der Waals surface area contributed by atoms with Gasteiger partial charge in [-0.25, -0.2) is 9.97 Å². The molecule has 7 heteroatoms. The van der Waals surface area contributed by atoms with Crippen LogP contribution >= 0.6 is 0 Å². The van der Waals surface area contributed by atoms with Crippen LogP contribution in [0, 0.1) is 10.1 Å². The van der Waals surface area contributed by atoms with Crippen LogP contribution in [0.3, 0.4) is 0 Å². The van der Waals surface area contributed by atoms with E-state index in [0.29, 0.717) is 42.7 Å². The Labute approximate surface area is 115 Å². The van der Waals surface area contributed by atoms with Crippen molar-refractivity contribution in [1.29, 1.82) is 0 Å². The zero-order valence-corrected chi connectivity index (χ0v) is 10.8. The van der Waals surface area contributed by atoms with E-state index in [1.54, 1.807) is 6.07 Å². The average Bonchev–Trinajstić information content (AvgIpc) is 2.47. The van der Waals surface area contributed by atoms with Crippen molar-refractivity contribution in [2.24, 2.45) is 0 Å². The predicted octanol–water partition coefficient (Wildman–Crippen LogP) is 1.50. The summed E-state index contributed by atoms with van der Waals surface area (Å²) >= 11 is 0. The third-order valence-electron chi connectivity index (χ3n) is 3.57. The second-order valence-electron chi connectivity index (χ2n) is 4.87. The fourth-order valence-electron chi connectivity index (χ4n) is 2.47. The molecular weight excluding hydrogens is 260 g/mol. The maximum Gasteiger partial charge on any atom is 0.270 e. The SMILES string of the molecule is O=[N+]([O-])c1ccc2ncnc(N3CCC(O)CC3)c2c1. The van der Waals surface area contributed by atoms with Crippen LogP contribution in [-0.2, 0) is 0 Å². The molecule has 0 spiro atoms. The standard InChI is InChI=1S/C13H14N4O3/c18-10-3-5-16(6-4-10)13-11-7-9(17(19)20)1-2-12(11)14-8-15-13/h1-2,7-8,10,18H,3-6H2. The summed E-state index contributed by atoms with van der Waals surface area (Å²) < 4.78 is 0. The molecule has 20 heavy (non-hydrogen) atoms. The number of non-ortho nitro benzene ring substituents is 1. The minimum absolute atomic E-state index is 0.0330. The van der Waals surface area contributed by atoms with Crippen molar-refractivity contribution in [3.8, 4) is 0 Å². The van der Waals surface area contributed by atoms with Crippen LogP contribution in [0.5, 0.6) is 0 Å². The summed E-state index contributed by atoms with van der Waals surface area (Å²) in [4.78, 5) is 20.9. The maximum atomic E-state index is 10.9. The topological polar surface area (TPSA) is 92.4 Å². The van der Waals surface area contributed by atoms with E-state index >= 15 is 0 Å². The molecule has 1 aromatic carbocycles. The summed E-state index contributed by atoms with van der Waals surface area (Å²) in [5.41, 5.74) is 0.720. The van der Waals surface area contributed by atoms with E-state index in [2.05, 4.69) is 9.97 Å². The molecule has 0 aliphatic carbocycles. The van der Waals surface area contributed by atoms with Crippen LogP contribution in [0.15, 0.2) is 24.5 Å². The Morgan fingerprint density at radius 1 is 1.30 bits per heavy atom. The molecule has 0 saturated carbocycles. The molecule has 104 valence electrons. The molecule has 0 bridgehead atoms. The van der Waals surface area contributed by atoms with Crippen molar-refractivity contribution < 1.29 is 10.0 Å². The second-order valence-corrected chi connectivity index (χ2v) is 4.87. The van der Waals surface area contributed by atoms with E-state index in [0.717, 1.165) is 0 Å². The molecule has 1 N–H and O–H groups in total. The summed E-state index contributed by atoms with van der Waals surface area (Å²) in [6.45, 7) is 1.38. The number of hydrogen-bond acceptors (Lipinski definition) is 6. The van der Waals surface area contributed by atoms with Gasteiger partial charge < -0.3 is 10.0 Å². The van der Waals surface area contributed by atoms with Gasteiger partial charge in [0.05, 0.1) is 16.5 Å². The number of rotatable bonds is 2. The van der Waals surface area contributed by atoms with Gasteiger partial charge in [0.1, 0.15) is 12.1 Å². The number of nitrogens with zero attached hydrogens (tertiary/aromatic N) is 4. The highest BCUT2D eigenvalue weighted by Gasteiger charge is 2.21. The molecule has 0 amide bonds. The van der Waals surface area contributed by atoms with Crippen LogP contribution in [-0.4, -0.2) is 39.2 Å². The zero-order valence-electron chi connectivity index (χ0n) is 10.8. The first kappa shape index (κ1) is 12.7. The Kier molecular flexibility index (Phi) is 3.19. The van der Waals surface area contributed by atoms with E-state index in [1.165, 1.54) is 18.5 Å². The lowest BCUT2D eigenvalue weighted by molar-refractivity contribution is -0.384. The van der Waals surface area contributed by atoms with E-state index in [-0.39, 0.29) is 11.8 Å². The third kappa shape index (κ3) is 2.27. The van der Waals surface area contributed by atoms with Gasteiger partial charge in [-0.15, -0.1) is 0 Å². The first-order chi connectivity index (χ1) is 9.65. The van der Waals surface area contributed by atoms with Gasteiger partial charge in [0.15, 0.2) is 0 Å². The van der Waals surface area contributed by atoms with Crippen molar-refractivity contribution in [3.63, 3.8) is 0 Å². The van der Waals surface area contributed by atoms with Gasteiger partial charge in [0, 0.05) is 30.6 Å². The van der Waals surface area contributed by atoms with Crippen molar-refractivity contribution in [2.75, 3.05) is 18.0 Å². The number of hydrogen-bond donors (Lipinski definition) is 1. The van der Waals surface area contributed by atoms with Gasteiger partial charge in [0.2, 0.25) is 0 Å². The molecule has 3 rings (SSSR count). The van der Waals surface area contributed by atoms with E-state index in [1.807, 2.05) is 4.90 Å². The molecule has 0 atom stereocenters. The third-order valence-corrected chi connectivity index (χ3v) is 3.57. The van der Waals surface area contributed by atoms with Gasteiger partial charge in [-0.05, 0) is 18.9 Å². The molecule has 1 aromatic heterocycles. The number of piperidine rings is 1. The Morgan fingerprint density at radius 3 is 2.75 bits per heavy atom. The lowest BCUT2D eigenvalue weighted by Gasteiger charge is -2.31. The number of aliphatic hydroxyl groups is 1. The second kappa shape index (κ2) is 5.01. The van der Waals surface area contributed by atoms with Crippen molar-refractivity contribution >= 4 is 22.4 Å². The summed E-state index contributed by atoms with van der Waals surface area (Å²) in [5.74, 6) is 0.700. The van der Waals surface area contributed by atoms with Gasteiger partial charge >= 0.3 is 0 Å². The predicted molar refractivity (Wildman–Crippen MR) is 73.6 cm³/mol. The van der Waals surface area contributed by atoms with Crippen molar-refractivity contribution in [3.05, 3.63) is 34.6 Å². The number of aliphatic hydroxyl groups excluding tert-OH is 1. The molecular formula is C13H14N4O3. The normalized spacial score (nSPS) is 16.6. The molecule has 1 fully saturated rings. The molecule has 0 radical (unpaired) electrons. The van der Waals surface area contributed by atoms with Gasteiger partial charge in [-0.3, -0.25) is 10.1 Å². The molecule has 1 saturated heterocycles. The van der Waals surface area contributed by atoms with E-state index in [4.69, 9.17) is 0 Å². The lowest BCUT2D eigenvalue weighted by Crippen LogP contribution is -2.36. The lowest BCUT2D eigenvalue weighted by atomic mass is 10.1. The largest absolute Gasteiger partial charge is 0.393 e. The van der Waals surface area contributed by atoms with Gasteiger partial charge in [0.25, 0.3) is 5.69 Å². The summed E-state index contributed by atoms with van der Waals surface area (Å²) in [6.07, 6.45) is 2.56. The van der Waals surface area contributed by atoms with E-state index in [9.17, 15) is 15.2 Å². The van der Waals surface area contributed by atoms with Crippen molar-refractivity contribution in [2.45, 2.75) is 18.9 Å². The molecule has 0 unspecified atom stereocenters. The summed E-state index contributed by atoms with van der Waals surface area (Å²) in [7, 11) is 0. The first-order valence-corrected chi connectivity index (χ1v) is 6.47. The number of fused-ring (bicyclic) bond motifs is 1. The first-order valence-electron chi connectivity index (χ1n) is 6.47.